The van der Waals surface area contributed by atoms with E-state index < -0.39 is 0 Å². The number of morpholine rings is 2. The monoisotopic (exact) mass is 379 g/mol. The molecule has 0 amide bonds. The number of ether oxygens (including phenoxy) is 2. The van der Waals surface area contributed by atoms with Crippen LogP contribution >= 0.6 is 0 Å². The zero-order valence-corrected chi connectivity index (χ0v) is 15.5. The summed E-state index contributed by atoms with van der Waals surface area (Å²) in [5, 5.41) is 9.64. The number of nitriles is 1. The molecule has 9 nitrogen and oxygen atoms in total. The number of pyridine rings is 1. The van der Waals surface area contributed by atoms with Crippen molar-refractivity contribution >= 4 is 17.6 Å². The molecule has 28 heavy (non-hydrogen) atoms. The molecule has 0 spiro atoms. The second-order valence-electron chi connectivity index (χ2n) is 7.17. The zero-order valence-electron chi connectivity index (χ0n) is 15.5. The summed E-state index contributed by atoms with van der Waals surface area (Å²) in [6, 6.07) is 4.09. The molecule has 2 saturated heterocycles. The molecule has 2 fully saturated rings. The quantitative estimate of drug-likeness (QED) is 0.801. The molecule has 2 N–H and O–H groups in total. The molecule has 0 aromatic carbocycles. The van der Waals surface area contributed by atoms with Gasteiger partial charge in [-0.15, -0.1) is 0 Å². The van der Waals surface area contributed by atoms with Crippen LogP contribution in [0.5, 0.6) is 0 Å². The maximum absolute atomic E-state index is 9.64. The van der Waals surface area contributed by atoms with Gasteiger partial charge < -0.3 is 25.0 Å². The lowest BCUT2D eigenvalue weighted by atomic mass is 10.0. The molecule has 2 aromatic rings. The van der Waals surface area contributed by atoms with E-state index in [1.54, 1.807) is 12.3 Å². The smallest absolute Gasteiger partial charge is 0.228 e. The number of nitrogen functional groups attached to an aromatic ring is 1. The predicted octanol–water partition coefficient (Wildman–Crippen LogP) is 0.590. The fourth-order valence-electron chi connectivity index (χ4n) is 4.10. The Morgan fingerprint density at radius 3 is 2.79 bits per heavy atom. The SMILES string of the molecule is N#Cc1cc(N)ncc1-c1nc(N2CCOCC2)nc2c1C[C@@H]1COCCN21. The maximum Gasteiger partial charge on any atom is 0.228 e. The predicted molar refractivity (Wildman–Crippen MR) is 103 cm³/mol. The minimum atomic E-state index is 0.254. The summed E-state index contributed by atoms with van der Waals surface area (Å²) in [5.74, 6) is 1.94. The highest BCUT2D eigenvalue weighted by Gasteiger charge is 2.37. The van der Waals surface area contributed by atoms with Crippen LogP contribution < -0.4 is 15.5 Å². The molecule has 0 unspecified atom stereocenters. The van der Waals surface area contributed by atoms with Crippen LogP contribution in [-0.4, -0.2) is 67.1 Å². The first-order valence-corrected chi connectivity index (χ1v) is 9.48. The molecular formula is C19H21N7O2. The highest BCUT2D eigenvalue weighted by Crippen LogP contribution is 2.40. The summed E-state index contributed by atoms with van der Waals surface area (Å²) in [6.45, 7) is 4.97. The minimum absolute atomic E-state index is 0.254. The van der Waals surface area contributed by atoms with Gasteiger partial charge in [-0.2, -0.15) is 10.2 Å². The van der Waals surface area contributed by atoms with Gasteiger partial charge in [-0.05, 0) is 6.07 Å². The Kier molecular flexibility index (Phi) is 4.22. The van der Waals surface area contributed by atoms with E-state index >= 15 is 0 Å². The lowest BCUT2D eigenvalue weighted by Crippen LogP contribution is -2.43. The van der Waals surface area contributed by atoms with E-state index in [0.717, 1.165) is 43.1 Å². The largest absolute Gasteiger partial charge is 0.384 e. The van der Waals surface area contributed by atoms with E-state index in [2.05, 4.69) is 20.9 Å². The van der Waals surface area contributed by atoms with E-state index in [-0.39, 0.29) is 6.04 Å². The third-order valence-electron chi connectivity index (χ3n) is 5.51. The van der Waals surface area contributed by atoms with Crippen LogP contribution in [0.15, 0.2) is 12.3 Å². The maximum atomic E-state index is 9.64. The molecule has 3 aliphatic rings. The fraction of sp³-hybridized carbons (Fsp3) is 0.474. The highest BCUT2D eigenvalue weighted by atomic mass is 16.5. The first kappa shape index (κ1) is 17.2. The van der Waals surface area contributed by atoms with Crippen molar-refractivity contribution in [2.24, 2.45) is 0 Å². The Morgan fingerprint density at radius 1 is 1.14 bits per heavy atom. The summed E-state index contributed by atoms with van der Waals surface area (Å²) in [4.78, 5) is 18.5. The van der Waals surface area contributed by atoms with E-state index in [1.807, 2.05) is 0 Å². The van der Waals surface area contributed by atoms with Gasteiger partial charge in [0.25, 0.3) is 0 Å². The van der Waals surface area contributed by atoms with Crippen molar-refractivity contribution < 1.29 is 9.47 Å². The lowest BCUT2D eigenvalue weighted by Gasteiger charge is -2.32. The van der Waals surface area contributed by atoms with Gasteiger partial charge in [-0.1, -0.05) is 0 Å². The van der Waals surface area contributed by atoms with Crippen molar-refractivity contribution in [1.29, 1.82) is 5.26 Å². The number of nitrogens with zero attached hydrogens (tertiary/aromatic N) is 6. The summed E-state index contributed by atoms with van der Waals surface area (Å²) >= 11 is 0. The number of rotatable bonds is 2. The second kappa shape index (κ2) is 6.89. The average molecular weight is 379 g/mol. The number of anilines is 3. The van der Waals surface area contributed by atoms with Crippen molar-refractivity contribution in [1.82, 2.24) is 15.0 Å². The van der Waals surface area contributed by atoms with Crippen molar-refractivity contribution in [3.63, 3.8) is 0 Å². The Bertz CT molecular complexity index is 952. The number of hydrogen-bond donors (Lipinski definition) is 1. The molecule has 3 aliphatic heterocycles. The molecule has 0 saturated carbocycles. The standard InChI is InChI=1S/C19H21N7O2/c20-9-12-7-16(21)22-10-15(12)17-14-8-13-11-28-6-3-26(13)18(14)24-19(23-17)25-1-4-27-5-2-25/h7,10,13H,1-6,8,11H2,(H2,21,22)/t13-/m1/s1. The Labute approximate surface area is 162 Å². The first-order valence-electron chi connectivity index (χ1n) is 9.48. The molecule has 0 radical (unpaired) electrons. The van der Waals surface area contributed by atoms with E-state index in [0.29, 0.717) is 49.3 Å². The van der Waals surface area contributed by atoms with Crippen LogP contribution in [0.2, 0.25) is 0 Å². The number of hydrogen-bond acceptors (Lipinski definition) is 9. The van der Waals surface area contributed by atoms with Crippen molar-refractivity contribution in [2.45, 2.75) is 12.5 Å². The fourth-order valence-corrected chi connectivity index (χ4v) is 4.10. The molecule has 5 rings (SSSR count). The van der Waals surface area contributed by atoms with Crippen LogP contribution in [0.3, 0.4) is 0 Å². The van der Waals surface area contributed by atoms with Gasteiger partial charge in [0.05, 0.1) is 43.7 Å². The molecule has 0 aliphatic carbocycles. The highest BCUT2D eigenvalue weighted by molar-refractivity contribution is 5.77. The molecular weight excluding hydrogens is 358 g/mol. The van der Waals surface area contributed by atoms with Crippen molar-refractivity contribution in [3.05, 3.63) is 23.4 Å². The lowest BCUT2D eigenvalue weighted by molar-refractivity contribution is 0.0974. The third kappa shape index (κ3) is 2.82. The van der Waals surface area contributed by atoms with Crippen molar-refractivity contribution in [2.75, 3.05) is 61.6 Å². The van der Waals surface area contributed by atoms with Crippen LogP contribution in [0.4, 0.5) is 17.6 Å². The number of nitrogens with two attached hydrogens (primary N) is 1. The molecule has 2 aromatic heterocycles. The third-order valence-corrected chi connectivity index (χ3v) is 5.51. The molecule has 144 valence electrons. The Hall–Kier alpha value is -2.96. The van der Waals surface area contributed by atoms with E-state index in [9.17, 15) is 5.26 Å². The second-order valence-corrected chi connectivity index (χ2v) is 7.17. The summed E-state index contributed by atoms with van der Waals surface area (Å²) in [6.07, 6.45) is 2.44. The number of fused-ring (bicyclic) bond motifs is 3. The van der Waals surface area contributed by atoms with Crippen LogP contribution in [0.25, 0.3) is 11.3 Å². The van der Waals surface area contributed by atoms with Gasteiger partial charge in [0.2, 0.25) is 5.95 Å². The van der Waals surface area contributed by atoms with Crippen molar-refractivity contribution in [3.8, 4) is 17.3 Å². The number of aromatic nitrogens is 3. The van der Waals surface area contributed by atoms with Gasteiger partial charge >= 0.3 is 0 Å². The summed E-state index contributed by atoms with van der Waals surface area (Å²) in [5.41, 5.74) is 8.79. The average Bonchev–Trinajstić information content (AvgIpc) is 3.12. The Balaban J connectivity index is 1.68. The van der Waals surface area contributed by atoms with E-state index in [4.69, 9.17) is 25.2 Å². The van der Waals surface area contributed by atoms with Gasteiger partial charge in [0.15, 0.2) is 0 Å². The normalized spacial score (nSPS) is 21.2. The summed E-state index contributed by atoms with van der Waals surface area (Å²) in [7, 11) is 0. The first-order chi connectivity index (χ1) is 13.7. The van der Waals surface area contributed by atoms with Gasteiger partial charge in [-0.3, -0.25) is 0 Å². The molecule has 1 atom stereocenters. The molecule has 0 bridgehead atoms. The zero-order chi connectivity index (χ0) is 19.1. The summed E-state index contributed by atoms with van der Waals surface area (Å²) < 4.78 is 11.1. The van der Waals surface area contributed by atoms with Gasteiger partial charge in [-0.25, -0.2) is 9.97 Å². The van der Waals surface area contributed by atoms with Gasteiger partial charge in [0, 0.05) is 43.4 Å². The van der Waals surface area contributed by atoms with Crippen LogP contribution in [0, 0.1) is 11.3 Å². The van der Waals surface area contributed by atoms with E-state index in [1.165, 1.54) is 0 Å². The Morgan fingerprint density at radius 2 is 1.96 bits per heavy atom. The van der Waals surface area contributed by atoms with Crippen LogP contribution in [0.1, 0.15) is 11.1 Å². The molecule has 5 heterocycles. The van der Waals surface area contributed by atoms with Gasteiger partial charge in [0.1, 0.15) is 17.7 Å². The topological polar surface area (TPSA) is 113 Å². The molecule has 9 heteroatoms. The minimum Gasteiger partial charge on any atom is -0.384 e. The van der Waals surface area contributed by atoms with Crippen LogP contribution in [-0.2, 0) is 15.9 Å².